The normalized spacial score (nSPS) is 17.6. The molecule has 1 aliphatic heterocycles. The summed E-state index contributed by atoms with van der Waals surface area (Å²) in [5, 5.41) is 3.43. The lowest BCUT2D eigenvalue weighted by molar-refractivity contribution is 0.724. The van der Waals surface area contributed by atoms with Crippen LogP contribution >= 0.6 is 0 Å². The van der Waals surface area contributed by atoms with E-state index in [1.54, 1.807) is 0 Å². The van der Waals surface area contributed by atoms with Crippen LogP contribution < -0.4 is 10.2 Å². The zero-order valence-electron chi connectivity index (χ0n) is 9.71. The van der Waals surface area contributed by atoms with Gasteiger partial charge in [-0.15, -0.1) is 0 Å². The standard InChI is InChI=1S/C13H20N2/c1-11-4-5-13(10-12(11)2)15-8-3-6-14-7-9-15/h4-5,10,14H,3,6-9H2,1-2H3. The Morgan fingerprint density at radius 3 is 2.73 bits per heavy atom. The van der Waals surface area contributed by atoms with E-state index in [4.69, 9.17) is 0 Å². The molecule has 1 heterocycles. The predicted molar refractivity (Wildman–Crippen MR) is 65.6 cm³/mol. The van der Waals surface area contributed by atoms with Crippen LogP contribution in [0.5, 0.6) is 0 Å². The molecule has 1 N–H and O–H groups in total. The third-order valence-corrected chi connectivity index (χ3v) is 3.20. The van der Waals surface area contributed by atoms with Gasteiger partial charge in [-0.25, -0.2) is 0 Å². The van der Waals surface area contributed by atoms with Gasteiger partial charge in [0.15, 0.2) is 0 Å². The van der Waals surface area contributed by atoms with Gasteiger partial charge in [0, 0.05) is 25.3 Å². The summed E-state index contributed by atoms with van der Waals surface area (Å²) in [6.45, 7) is 8.92. The Hall–Kier alpha value is -1.02. The molecule has 0 unspecified atom stereocenters. The minimum Gasteiger partial charge on any atom is -0.370 e. The zero-order chi connectivity index (χ0) is 10.7. The monoisotopic (exact) mass is 204 g/mol. The van der Waals surface area contributed by atoms with E-state index in [9.17, 15) is 0 Å². The van der Waals surface area contributed by atoms with Crippen molar-refractivity contribution in [2.75, 3.05) is 31.1 Å². The highest BCUT2D eigenvalue weighted by Crippen LogP contribution is 2.19. The van der Waals surface area contributed by atoms with Crippen LogP contribution in [-0.2, 0) is 0 Å². The number of anilines is 1. The molecule has 0 aliphatic carbocycles. The number of hydrogen-bond donors (Lipinski definition) is 1. The Bertz CT molecular complexity index is 325. The first-order valence-corrected chi connectivity index (χ1v) is 5.80. The zero-order valence-corrected chi connectivity index (χ0v) is 9.71. The van der Waals surface area contributed by atoms with Gasteiger partial charge >= 0.3 is 0 Å². The van der Waals surface area contributed by atoms with Gasteiger partial charge in [0.05, 0.1) is 0 Å². The summed E-state index contributed by atoms with van der Waals surface area (Å²) in [4.78, 5) is 2.48. The second-order valence-electron chi connectivity index (χ2n) is 4.36. The highest BCUT2D eigenvalue weighted by molar-refractivity contribution is 5.50. The maximum Gasteiger partial charge on any atom is 0.0369 e. The van der Waals surface area contributed by atoms with Gasteiger partial charge in [0.1, 0.15) is 0 Å². The van der Waals surface area contributed by atoms with Crippen LogP contribution in [0.2, 0.25) is 0 Å². The van der Waals surface area contributed by atoms with E-state index in [0.717, 1.165) is 19.6 Å². The average molecular weight is 204 g/mol. The summed E-state index contributed by atoms with van der Waals surface area (Å²) in [7, 11) is 0. The number of hydrogen-bond acceptors (Lipinski definition) is 2. The van der Waals surface area contributed by atoms with Crippen molar-refractivity contribution in [1.29, 1.82) is 0 Å². The van der Waals surface area contributed by atoms with Crippen molar-refractivity contribution in [2.45, 2.75) is 20.3 Å². The van der Waals surface area contributed by atoms with E-state index in [2.05, 4.69) is 42.3 Å². The van der Waals surface area contributed by atoms with Gasteiger partial charge in [-0.3, -0.25) is 0 Å². The Morgan fingerprint density at radius 2 is 1.93 bits per heavy atom. The third-order valence-electron chi connectivity index (χ3n) is 3.20. The Balaban J connectivity index is 2.16. The van der Waals surface area contributed by atoms with Crippen molar-refractivity contribution < 1.29 is 0 Å². The molecule has 0 saturated carbocycles. The average Bonchev–Trinajstić information content (AvgIpc) is 2.50. The summed E-state index contributed by atoms with van der Waals surface area (Å²) < 4.78 is 0. The van der Waals surface area contributed by atoms with Crippen molar-refractivity contribution >= 4 is 5.69 Å². The molecule has 1 aromatic rings. The van der Waals surface area contributed by atoms with Gasteiger partial charge in [0.25, 0.3) is 0 Å². The summed E-state index contributed by atoms with van der Waals surface area (Å²) in [5.74, 6) is 0. The van der Waals surface area contributed by atoms with Crippen molar-refractivity contribution in [3.63, 3.8) is 0 Å². The molecule has 0 atom stereocenters. The predicted octanol–water partition coefficient (Wildman–Crippen LogP) is 2.10. The summed E-state index contributed by atoms with van der Waals surface area (Å²) in [6, 6.07) is 6.78. The Labute approximate surface area is 92.3 Å². The van der Waals surface area contributed by atoms with Crippen molar-refractivity contribution in [2.24, 2.45) is 0 Å². The minimum atomic E-state index is 1.10. The maximum atomic E-state index is 3.43. The fraction of sp³-hybridized carbons (Fsp3) is 0.538. The number of aryl methyl sites for hydroxylation is 2. The molecule has 2 heteroatoms. The second-order valence-corrected chi connectivity index (χ2v) is 4.36. The second kappa shape index (κ2) is 4.67. The molecule has 0 bridgehead atoms. The van der Waals surface area contributed by atoms with Crippen LogP contribution in [0, 0.1) is 13.8 Å². The van der Waals surface area contributed by atoms with Crippen LogP contribution in [0.25, 0.3) is 0 Å². The first-order valence-electron chi connectivity index (χ1n) is 5.80. The summed E-state index contributed by atoms with van der Waals surface area (Å²) in [5.41, 5.74) is 4.15. The molecule has 2 nitrogen and oxygen atoms in total. The van der Waals surface area contributed by atoms with Gasteiger partial charge in [-0.05, 0) is 50.1 Å². The third kappa shape index (κ3) is 2.51. The lowest BCUT2D eigenvalue weighted by Crippen LogP contribution is -2.27. The number of nitrogens with one attached hydrogen (secondary N) is 1. The highest BCUT2D eigenvalue weighted by atomic mass is 15.2. The SMILES string of the molecule is Cc1ccc(N2CCCNCC2)cc1C. The van der Waals surface area contributed by atoms with Crippen LogP contribution in [0.1, 0.15) is 17.5 Å². The number of nitrogens with zero attached hydrogens (tertiary/aromatic N) is 1. The molecule has 1 aromatic carbocycles. The van der Waals surface area contributed by atoms with Crippen LogP contribution in [-0.4, -0.2) is 26.2 Å². The molecule has 0 aromatic heterocycles. The fourth-order valence-corrected chi connectivity index (χ4v) is 2.03. The Morgan fingerprint density at radius 1 is 1.07 bits per heavy atom. The molecule has 1 fully saturated rings. The largest absolute Gasteiger partial charge is 0.370 e. The van der Waals surface area contributed by atoms with E-state index >= 15 is 0 Å². The molecule has 0 radical (unpaired) electrons. The van der Waals surface area contributed by atoms with Crippen LogP contribution in [0.4, 0.5) is 5.69 Å². The molecular weight excluding hydrogens is 184 g/mol. The first kappa shape index (κ1) is 10.5. The molecule has 2 rings (SSSR count). The van der Waals surface area contributed by atoms with Crippen LogP contribution in [0.15, 0.2) is 18.2 Å². The molecule has 1 aliphatic rings. The molecule has 1 saturated heterocycles. The topological polar surface area (TPSA) is 15.3 Å². The number of rotatable bonds is 1. The molecule has 0 amide bonds. The van der Waals surface area contributed by atoms with Gasteiger partial charge in [-0.1, -0.05) is 6.07 Å². The lowest BCUT2D eigenvalue weighted by Gasteiger charge is -2.23. The highest BCUT2D eigenvalue weighted by Gasteiger charge is 2.09. The fourth-order valence-electron chi connectivity index (χ4n) is 2.03. The van der Waals surface area contributed by atoms with E-state index in [1.807, 2.05) is 0 Å². The van der Waals surface area contributed by atoms with E-state index in [-0.39, 0.29) is 0 Å². The Kier molecular flexibility index (Phi) is 3.27. The lowest BCUT2D eigenvalue weighted by atomic mass is 10.1. The maximum absolute atomic E-state index is 3.43. The molecule has 15 heavy (non-hydrogen) atoms. The summed E-state index contributed by atoms with van der Waals surface area (Å²) in [6.07, 6.45) is 1.24. The first-order chi connectivity index (χ1) is 7.27. The van der Waals surface area contributed by atoms with Crippen molar-refractivity contribution in [3.05, 3.63) is 29.3 Å². The molecule has 82 valence electrons. The van der Waals surface area contributed by atoms with E-state index in [1.165, 1.54) is 29.8 Å². The van der Waals surface area contributed by atoms with Gasteiger partial charge < -0.3 is 10.2 Å². The van der Waals surface area contributed by atoms with Crippen molar-refractivity contribution in [3.8, 4) is 0 Å². The van der Waals surface area contributed by atoms with E-state index < -0.39 is 0 Å². The van der Waals surface area contributed by atoms with Crippen LogP contribution in [0.3, 0.4) is 0 Å². The summed E-state index contributed by atoms with van der Waals surface area (Å²) >= 11 is 0. The molecular formula is C13H20N2. The van der Waals surface area contributed by atoms with Crippen molar-refractivity contribution in [1.82, 2.24) is 5.32 Å². The number of benzene rings is 1. The van der Waals surface area contributed by atoms with Gasteiger partial charge in [-0.2, -0.15) is 0 Å². The van der Waals surface area contributed by atoms with Gasteiger partial charge in [0.2, 0.25) is 0 Å². The quantitative estimate of drug-likeness (QED) is 0.753. The minimum absolute atomic E-state index is 1.10. The smallest absolute Gasteiger partial charge is 0.0369 e. The van der Waals surface area contributed by atoms with E-state index in [0.29, 0.717) is 0 Å². The molecule has 0 spiro atoms.